The Morgan fingerprint density at radius 1 is 1.29 bits per heavy atom. The molecular weight excluding hydrogens is 391 g/mol. The molecule has 152 valence electrons. The molecule has 1 rings (SSSR count). The van der Waals surface area contributed by atoms with Gasteiger partial charge >= 0.3 is 17.9 Å². The lowest BCUT2D eigenvalue weighted by Crippen LogP contribution is -2.34. The number of alkyl halides is 3. The third-order valence-electron chi connectivity index (χ3n) is 2.97. The van der Waals surface area contributed by atoms with Crippen LogP contribution < -0.4 is 15.4 Å². The average Bonchev–Trinajstić information content (AvgIpc) is 2.52. The van der Waals surface area contributed by atoms with Crippen molar-refractivity contribution in [3.63, 3.8) is 0 Å². The molecule has 11 nitrogen and oxygen atoms in total. The van der Waals surface area contributed by atoms with Crippen LogP contribution in [0.25, 0.3) is 0 Å². The minimum absolute atomic E-state index is 0.00549. The van der Waals surface area contributed by atoms with Crippen LogP contribution in [0.4, 0.5) is 29.3 Å². The predicted molar refractivity (Wildman–Crippen MR) is 89.1 cm³/mol. The maximum absolute atomic E-state index is 13.2. The van der Waals surface area contributed by atoms with Crippen molar-refractivity contribution in [3.05, 3.63) is 49.7 Å². The highest BCUT2D eigenvalue weighted by molar-refractivity contribution is 5.89. The number of amides is 2. The molecule has 0 saturated carbocycles. The molecule has 0 saturated heterocycles. The van der Waals surface area contributed by atoms with Gasteiger partial charge in [-0.2, -0.15) is 13.2 Å². The molecule has 0 fully saturated rings. The fourth-order valence-corrected chi connectivity index (χ4v) is 1.91. The molecule has 0 radical (unpaired) electrons. The van der Waals surface area contributed by atoms with Crippen LogP contribution in [0.3, 0.4) is 0 Å². The summed E-state index contributed by atoms with van der Waals surface area (Å²) in [5.74, 6) is -2.35. The van der Waals surface area contributed by atoms with Crippen LogP contribution in [0.2, 0.25) is 0 Å². The van der Waals surface area contributed by atoms with Crippen molar-refractivity contribution < 1.29 is 32.5 Å². The SMILES string of the molecule is CCNC(=O)N/C(C)=C\C(=N)Oc1c([N+](=O)[O-])cc([N+](=O)[O-])cc1C(F)(F)F. The molecule has 0 atom stereocenters. The van der Waals surface area contributed by atoms with Crippen molar-refractivity contribution in [2.45, 2.75) is 20.0 Å². The van der Waals surface area contributed by atoms with E-state index in [4.69, 9.17) is 5.41 Å². The molecule has 0 aliphatic heterocycles. The highest BCUT2D eigenvalue weighted by Gasteiger charge is 2.41. The second-order valence-electron chi connectivity index (χ2n) is 5.13. The number of nitrogens with one attached hydrogen (secondary N) is 3. The lowest BCUT2D eigenvalue weighted by Gasteiger charge is -2.13. The van der Waals surface area contributed by atoms with Gasteiger partial charge < -0.3 is 15.4 Å². The van der Waals surface area contributed by atoms with Crippen molar-refractivity contribution in [1.29, 1.82) is 5.41 Å². The Hall–Kier alpha value is -3.71. The lowest BCUT2D eigenvalue weighted by atomic mass is 10.1. The molecule has 14 heteroatoms. The topological polar surface area (TPSA) is 160 Å². The Morgan fingerprint density at radius 2 is 1.89 bits per heavy atom. The molecule has 28 heavy (non-hydrogen) atoms. The highest BCUT2D eigenvalue weighted by atomic mass is 19.4. The Kier molecular flexibility index (Phi) is 7.01. The Balaban J connectivity index is 3.35. The molecule has 1 aromatic carbocycles. The first-order valence-electron chi connectivity index (χ1n) is 7.40. The van der Waals surface area contributed by atoms with Crippen LogP contribution in [0, 0.1) is 25.6 Å². The minimum atomic E-state index is -5.23. The van der Waals surface area contributed by atoms with Gasteiger partial charge in [-0.25, -0.2) is 4.79 Å². The zero-order chi connectivity index (χ0) is 21.6. The van der Waals surface area contributed by atoms with Crippen molar-refractivity contribution >= 4 is 23.3 Å². The quantitative estimate of drug-likeness (QED) is 0.285. The van der Waals surface area contributed by atoms with Crippen LogP contribution in [0.5, 0.6) is 5.75 Å². The number of urea groups is 1. The Labute approximate surface area is 155 Å². The average molecular weight is 405 g/mol. The molecule has 3 N–H and O–H groups in total. The number of non-ortho nitro benzene ring substituents is 1. The number of nitro groups is 2. The van der Waals surface area contributed by atoms with Crippen molar-refractivity contribution in [2.24, 2.45) is 0 Å². The summed E-state index contributed by atoms with van der Waals surface area (Å²) in [6.07, 6.45) is -4.43. The summed E-state index contributed by atoms with van der Waals surface area (Å²) < 4.78 is 44.3. The summed E-state index contributed by atoms with van der Waals surface area (Å²) >= 11 is 0. The van der Waals surface area contributed by atoms with Crippen LogP contribution in [-0.4, -0.2) is 28.3 Å². The van der Waals surface area contributed by atoms with Gasteiger partial charge in [0.15, 0.2) is 0 Å². The number of allylic oxidation sites excluding steroid dienone is 1. The first-order chi connectivity index (χ1) is 12.9. The third-order valence-corrected chi connectivity index (χ3v) is 2.97. The van der Waals surface area contributed by atoms with E-state index in [2.05, 4.69) is 15.4 Å². The van der Waals surface area contributed by atoms with Gasteiger partial charge in [0.1, 0.15) is 5.56 Å². The smallest absolute Gasteiger partial charge is 0.420 e. The number of hydrogen-bond acceptors (Lipinski definition) is 7. The van der Waals surface area contributed by atoms with Gasteiger partial charge in [0.05, 0.1) is 15.9 Å². The zero-order valence-electron chi connectivity index (χ0n) is 14.4. The summed E-state index contributed by atoms with van der Waals surface area (Å²) in [7, 11) is 0. The highest BCUT2D eigenvalue weighted by Crippen LogP contribution is 2.44. The molecule has 0 aliphatic rings. The van der Waals surface area contributed by atoms with Gasteiger partial charge in [-0.05, 0) is 13.8 Å². The van der Waals surface area contributed by atoms with Crippen LogP contribution in [0.15, 0.2) is 23.9 Å². The van der Waals surface area contributed by atoms with E-state index in [0.29, 0.717) is 6.07 Å². The van der Waals surface area contributed by atoms with E-state index in [1.807, 2.05) is 0 Å². The summed E-state index contributed by atoms with van der Waals surface area (Å²) in [5, 5.41) is 34.0. The van der Waals surface area contributed by atoms with Gasteiger partial charge in [0.2, 0.25) is 11.6 Å². The van der Waals surface area contributed by atoms with E-state index >= 15 is 0 Å². The Bertz CT molecular complexity index is 853. The molecule has 0 aromatic heterocycles. The fourth-order valence-electron chi connectivity index (χ4n) is 1.91. The zero-order valence-corrected chi connectivity index (χ0v) is 14.4. The summed E-state index contributed by atoms with van der Waals surface area (Å²) in [6, 6.07) is -0.290. The number of nitro benzene ring substituents is 2. The maximum Gasteiger partial charge on any atom is 0.420 e. The molecule has 0 heterocycles. The lowest BCUT2D eigenvalue weighted by molar-refractivity contribution is -0.395. The normalized spacial score (nSPS) is 11.5. The number of benzene rings is 1. The van der Waals surface area contributed by atoms with Crippen molar-refractivity contribution in [3.8, 4) is 5.75 Å². The number of halogens is 3. The largest absolute Gasteiger partial charge is 0.432 e. The number of rotatable bonds is 6. The van der Waals surface area contributed by atoms with Gasteiger partial charge in [0.25, 0.3) is 5.69 Å². The number of hydrogen-bond donors (Lipinski definition) is 3. The van der Waals surface area contributed by atoms with Crippen LogP contribution in [0.1, 0.15) is 19.4 Å². The fraction of sp³-hybridized carbons (Fsp3) is 0.286. The summed E-state index contributed by atoms with van der Waals surface area (Å²) in [5.41, 5.74) is -4.30. The van der Waals surface area contributed by atoms with E-state index in [1.54, 1.807) is 6.92 Å². The van der Waals surface area contributed by atoms with Gasteiger partial charge in [-0.1, -0.05) is 0 Å². The van der Waals surface area contributed by atoms with E-state index in [9.17, 15) is 38.2 Å². The standard InChI is InChI=1S/C14H14F3N5O6/c1-3-19-13(23)20-7(2)4-11(18)28-12-9(14(15,16)17)5-8(21(24)25)6-10(12)22(26)27/h4-6,18H,3H2,1-2H3,(H2,19,20,23)/b7-4-,18-11?. The summed E-state index contributed by atoms with van der Waals surface area (Å²) in [6.45, 7) is 3.22. The molecular formula is C14H14F3N5O6. The molecule has 0 spiro atoms. The molecule has 1 aromatic rings. The molecule has 0 aliphatic carbocycles. The van der Waals surface area contributed by atoms with Crippen LogP contribution in [-0.2, 0) is 6.18 Å². The van der Waals surface area contributed by atoms with Crippen LogP contribution >= 0.6 is 0 Å². The first kappa shape index (κ1) is 22.3. The van der Waals surface area contributed by atoms with E-state index < -0.39 is 50.6 Å². The van der Waals surface area contributed by atoms with E-state index in [0.717, 1.165) is 6.08 Å². The number of carbonyl (C=O) groups excluding carboxylic acids is 1. The molecule has 0 unspecified atom stereocenters. The monoisotopic (exact) mass is 405 g/mol. The predicted octanol–water partition coefficient (Wildman–Crippen LogP) is 3.10. The van der Waals surface area contributed by atoms with Crippen molar-refractivity contribution in [2.75, 3.05) is 6.54 Å². The second kappa shape index (κ2) is 8.79. The Morgan fingerprint density at radius 3 is 2.36 bits per heavy atom. The number of carbonyl (C=O) groups is 1. The van der Waals surface area contributed by atoms with E-state index in [1.165, 1.54) is 6.92 Å². The van der Waals surface area contributed by atoms with Crippen molar-refractivity contribution in [1.82, 2.24) is 10.6 Å². The maximum atomic E-state index is 13.2. The van der Waals surface area contributed by atoms with Gasteiger partial charge in [-0.15, -0.1) is 0 Å². The molecule has 0 bridgehead atoms. The summed E-state index contributed by atoms with van der Waals surface area (Å²) in [4.78, 5) is 30.7. The first-order valence-corrected chi connectivity index (χ1v) is 7.40. The number of nitrogens with zero attached hydrogens (tertiary/aromatic N) is 2. The van der Waals surface area contributed by atoms with E-state index in [-0.39, 0.29) is 18.3 Å². The third kappa shape index (κ3) is 5.93. The second-order valence-corrected chi connectivity index (χ2v) is 5.13. The molecule has 2 amide bonds. The minimum Gasteiger partial charge on any atom is -0.432 e. The van der Waals surface area contributed by atoms with Gasteiger partial charge in [-0.3, -0.25) is 25.6 Å². The number of ether oxygens (including phenoxy) is 1. The van der Waals surface area contributed by atoms with Gasteiger partial charge in [0, 0.05) is 24.4 Å².